The van der Waals surface area contributed by atoms with Crippen LogP contribution in [0.25, 0.3) is 11.1 Å². The third-order valence-corrected chi connectivity index (χ3v) is 8.75. The number of aromatic nitrogens is 1. The average Bonchev–Trinajstić information content (AvgIpc) is 3.27. The molecule has 3 unspecified atom stereocenters. The summed E-state index contributed by atoms with van der Waals surface area (Å²) in [7, 11) is 0. The molecule has 206 valence electrons. The largest absolute Gasteiger partial charge is 0.457 e. The van der Waals surface area contributed by atoms with Crippen LogP contribution in [-0.2, 0) is 20.9 Å². The van der Waals surface area contributed by atoms with E-state index in [1.165, 1.54) is 0 Å². The van der Waals surface area contributed by atoms with E-state index in [1.807, 2.05) is 32.9 Å². The van der Waals surface area contributed by atoms with E-state index in [-0.39, 0.29) is 47.9 Å². The topological polar surface area (TPSA) is 110 Å². The Bertz CT molecular complexity index is 1090. The maximum Gasteiger partial charge on any atom is 0.306 e. The third-order valence-electron chi connectivity index (χ3n) is 8.75. The van der Waals surface area contributed by atoms with Gasteiger partial charge in [0, 0.05) is 17.8 Å². The van der Waals surface area contributed by atoms with Gasteiger partial charge in [-0.25, -0.2) is 4.98 Å². The van der Waals surface area contributed by atoms with Crippen molar-refractivity contribution in [2.24, 2.45) is 28.6 Å². The van der Waals surface area contributed by atoms with Crippen molar-refractivity contribution in [3.63, 3.8) is 0 Å². The van der Waals surface area contributed by atoms with Gasteiger partial charge in [0.15, 0.2) is 5.58 Å². The first-order valence-electron chi connectivity index (χ1n) is 13.7. The summed E-state index contributed by atoms with van der Waals surface area (Å²) in [6.45, 7) is 13.9. The average molecular weight is 516 g/mol. The Kier molecular flexibility index (Phi) is 9.23. The number of fused-ring (bicyclic) bond motifs is 1. The van der Waals surface area contributed by atoms with Gasteiger partial charge in [-0.15, -0.1) is 0 Å². The first-order valence-corrected chi connectivity index (χ1v) is 13.7. The molecule has 0 bridgehead atoms. The van der Waals surface area contributed by atoms with Gasteiger partial charge in [0.05, 0.1) is 6.10 Å². The zero-order valence-electron chi connectivity index (χ0n) is 23.5. The quantitative estimate of drug-likeness (QED) is 0.462. The minimum absolute atomic E-state index is 0.0160. The van der Waals surface area contributed by atoms with Crippen molar-refractivity contribution in [2.75, 3.05) is 0 Å². The fourth-order valence-electron chi connectivity index (χ4n) is 5.47. The summed E-state index contributed by atoms with van der Waals surface area (Å²) in [5, 5.41) is 20.3. The SMILES string of the molecule is CC1CC(c2ccc3oc(CO)nc3c2)OC(=O)CCC(C)(C)C(=O)[C@H](C)C(O)[C@@H](C)CCCC1(C)C. The minimum atomic E-state index is -0.749. The monoisotopic (exact) mass is 515 g/mol. The van der Waals surface area contributed by atoms with Crippen LogP contribution in [0.2, 0.25) is 0 Å². The first-order chi connectivity index (χ1) is 17.2. The van der Waals surface area contributed by atoms with Crippen LogP contribution in [-0.4, -0.2) is 33.1 Å². The number of aliphatic hydroxyl groups excluding tert-OH is 2. The molecular formula is C30H45NO6. The second kappa shape index (κ2) is 11.6. The second-order valence-corrected chi connectivity index (χ2v) is 12.5. The zero-order valence-corrected chi connectivity index (χ0v) is 23.5. The number of oxazole rings is 1. The maximum absolute atomic E-state index is 13.3. The van der Waals surface area contributed by atoms with Gasteiger partial charge in [0.1, 0.15) is 24.0 Å². The molecule has 0 saturated carbocycles. The Labute approximate surface area is 221 Å². The molecular weight excluding hydrogens is 470 g/mol. The molecule has 1 aliphatic heterocycles. The van der Waals surface area contributed by atoms with E-state index in [4.69, 9.17) is 9.15 Å². The van der Waals surface area contributed by atoms with Crippen molar-refractivity contribution in [3.8, 4) is 0 Å². The third kappa shape index (κ3) is 6.99. The van der Waals surface area contributed by atoms with E-state index in [0.717, 1.165) is 24.8 Å². The number of ketones is 1. The summed E-state index contributed by atoms with van der Waals surface area (Å²) in [6, 6.07) is 5.56. The molecule has 7 nitrogen and oxygen atoms in total. The van der Waals surface area contributed by atoms with E-state index >= 15 is 0 Å². The number of aliphatic hydroxyl groups is 2. The molecule has 2 N–H and O–H groups in total. The lowest BCUT2D eigenvalue weighted by atomic mass is 9.71. The van der Waals surface area contributed by atoms with Gasteiger partial charge in [-0.3, -0.25) is 9.59 Å². The summed E-state index contributed by atoms with van der Waals surface area (Å²) in [5.41, 5.74) is 1.26. The molecule has 2 heterocycles. The molecule has 3 rings (SSSR count). The van der Waals surface area contributed by atoms with Crippen LogP contribution >= 0.6 is 0 Å². The van der Waals surface area contributed by atoms with Crippen molar-refractivity contribution >= 4 is 22.9 Å². The second-order valence-electron chi connectivity index (χ2n) is 12.5. The number of hydrogen-bond acceptors (Lipinski definition) is 7. The van der Waals surface area contributed by atoms with E-state index in [2.05, 4.69) is 25.8 Å². The lowest BCUT2D eigenvalue weighted by molar-refractivity contribution is -0.152. The summed E-state index contributed by atoms with van der Waals surface area (Å²) in [6.07, 6.45) is 2.71. The highest BCUT2D eigenvalue weighted by Crippen LogP contribution is 2.41. The summed E-state index contributed by atoms with van der Waals surface area (Å²) in [4.78, 5) is 30.7. The Morgan fingerprint density at radius 2 is 1.78 bits per heavy atom. The molecule has 5 atom stereocenters. The molecule has 1 aromatic carbocycles. The van der Waals surface area contributed by atoms with Crippen LogP contribution in [0, 0.1) is 28.6 Å². The van der Waals surface area contributed by atoms with Crippen molar-refractivity contribution in [2.45, 2.75) is 106 Å². The number of Topliss-reactive ketones (excluding diaryl/α,β-unsaturated/α-hetero) is 1. The maximum atomic E-state index is 13.3. The first kappa shape index (κ1) is 29.3. The molecule has 1 aromatic heterocycles. The fourth-order valence-corrected chi connectivity index (χ4v) is 5.47. The standard InChI is InChI=1S/C30H45NO6/c1-18-9-8-13-29(4,5)19(2)15-24(21-10-11-23-22(16-21)31-25(17-32)36-23)37-26(33)12-14-30(6,7)28(35)20(3)27(18)34/h10-11,16,18-20,24,27,32,34H,8-9,12-15,17H2,1-7H3/t18-,19?,20+,24?,27?/m0/s1. The van der Waals surface area contributed by atoms with Crippen molar-refractivity contribution in [3.05, 3.63) is 29.7 Å². The summed E-state index contributed by atoms with van der Waals surface area (Å²) >= 11 is 0. The van der Waals surface area contributed by atoms with Gasteiger partial charge < -0.3 is 19.4 Å². The molecule has 0 spiro atoms. The minimum Gasteiger partial charge on any atom is -0.457 e. The highest BCUT2D eigenvalue weighted by atomic mass is 16.5. The van der Waals surface area contributed by atoms with Crippen molar-refractivity contribution in [1.82, 2.24) is 4.98 Å². The predicted octanol–water partition coefficient (Wildman–Crippen LogP) is 6.15. The van der Waals surface area contributed by atoms with E-state index in [1.54, 1.807) is 13.0 Å². The smallest absolute Gasteiger partial charge is 0.306 e. The lowest BCUT2D eigenvalue weighted by Gasteiger charge is -2.36. The molecule has 2 aromatic rings. The molecule has 37 heavy (non-hydrogen) atoms. The van der Waals surface area contributed by atoms with Crippen LogP contribution in [0.5, 0.6) is 0 Å². The summed E-state index contributed by atoms with van der Waals surface area (Å²) in [5.74, 6) is -0.348. The number of esters is 1. The number of cyclic esters (lactones) is 1. The number of hydrogen-bond donors (Lipinski definition) is 2. The molecule has 7 heteroatoms. The van der Waals surface area contributed by atoms with E-state index in [9.17, 15) is 19.8 Å². The van der Waals surface area contributed by atoms with Crippen LogP contribution in [0.1, 0.15) is 105 Å². The number of carbonyl (C=O) groups is 2. The van der Waals surface area contributed by atoms with E-state index in [0.29, 0.717) is 23.9 Å². The van der Waals surface area contributed by atoms with Gasteiger partial charge in [-0.1, -0.05) is 61.0 Å². The Morgan fingerprint density at radius 3 is 2.46 bits per heavy atom. The van der Waals surface area contributed by atoms with Gasteiger partial charge in [-0.2, -0.15) is 0 Å². The number of ether oxygens (including phenoxy) is 1. The number of rotatable bonds is 2. The highest BCUT2D eigenvalue weighted by molar-refractivity contribution is 5.87. The molecule has 0 radical (unpaired) electrons. The lowest BCUT2D eigenvalue weighted by Crippen LogP contribution is -2.39. The van der Waals surface area contributed by atoms with Gasteiger partial charge >= 0.3 is 5.97 Å². The Balaban J connectivity index is 1.92. The van der Waals surface area contributed by atoms with Gasteiger partial charge in [-0.05, 0) is 60.6 Å². The van der Waals surface area contributed by atoms with Crippen LogP contribution < -0.4 is 0 Å². The van der Waals surface area contributed by atoms with Crippen molar-refractivity contribution in [1.29, 1.82) is 0 Å². The fraction of sp³-hybridized carbons (Fsp3) is 0.700. The summed E-state index contributed by atoms with van der Waals surface area (Å²) < 4.78 is 11.6. The van der Waals surface area contributed by atoms with Crippen molar-refractivity contribution < 1.29 is 29.0 Å². The molecule has 0 amide bonds. The molecule has 1 saturated heterocycles. The number of nitrogens with zero attached hydrogens (tertiary/aromatic N) is 1. The highest BCUT2D eigenvalue weighted by Gasteiger charge is 2.38. The number of carbonyl (C=O) groups excluding carboxylic acids is 2. The molecule has 1 fully saturated rings. The number of benzene rings is 1. The zero-order chi connectivity index (χ0) is 27.5. The normalized spacial score (nSPS) is 30.2. The van der Waals surface area contributed by atoms with Crippen LogP contribution in [0.15, 0.2) is 22.6 Å². The van der Waals surface area contributed by atoms with E-state index < -0.39 is 23.5 Å². The van der Waals surface area contributed by atoms with Gasteiger partial charge in [0.25, 0.3) is 0 Å². The molecule has 1 aliphatic rings. The molecule has 0 aliphatic carbocycles. The Hall–Kier alpha value is -2.25. The van der Waals surface area contributed by atoms with Gasteiger partial charge in [0.2, 0.25) is 5.89 Å². The Morgan fingerprint density at radius 1 is 1.08 bits per heavy atom. The van der Waals surface area contributed by atoms with Crippen LogP contribution in [0.4, 0.5) is 0 Å². The van der Waals surface area contributed by atoms with Crippen LogP contribution in [0.3, 0.4) is 0 Å². The predicted molar refractivity (Wildman–Crippen MR) is 143 cm³/mol.